The molecule has 0 saturated carbocycles. The second kappa shape index (κ2) is 3.37. The van der Waals surface area contributed by atoms with Gasteiger partial charge >= 0.3 is 0 Å². The predicted octanol–water partition coefficient (Wildman–Crippen LogP) is 2.92. The van der Waals surface area contributed by atoms with Crippen molar-refractivity contribution in [3.8, 4) is 0 Å². The first kappa shape index (κ1) is 10.2. The summed E-state index contributed by atoms with van der Waals surface area (Å²) >= 11 is 0. The minimum absolute atomic E-state index is 0.314. The number of nitrogens with zero attached hydrogens (tertiary/aromatic N) is 1. The fourth-order valence-electron chi connectivity index (χ4n) is 2.47. The van der Waals surface area contributed by atoms with Gasteiger partial charge < -0.3 is 5.21 Å². The molecule has 0 bridgehead atoms. The van der Waals surface area contributed by atoms with Crippen molar-refractivity contribution < 1.29 is 4.74 Å². The van der Waals surface area contributed by atoms with Gasteiger partial charge in [0.05, 0.1) is 5.92 Å². The van der Waals surface area contributed by atoms with E-state index in [9.17, 15) is 5.21 Å². The maximum atomic E-state index is 11.9. The molecule has 0 radical (unpaired) electrons. The molecule has 0 aromatic heterocycles. The highest BCUT2D eigenvalue weighted by molar-refractivity contribution is 5.80. The van der Waals surface area contributed by atoms with Crippen LogP contribution in [0.25, 0.3) is 0 Å². The topological polar surface area (TPSA) is 26.1 Å². The maximum absolute atomic E-state index is 11.9. The Hall–Kier alpha value is -1.31. The van der Waals surface area contributed by atoms with Crippen LogP contribution < -0.4 is 0 Å². The zero-order valence-corrected chi connectivity index (χ0v) is 9.53. The van der Waals surface area contributed by atoms with Gasteiger partial charge in [-0.15, -0.1) is 0 Å². The molecule has 1 aliphatic heterocycles. The van der Waals surface area contributed by atoms with E-state index in [1.165, 1.54) is 10.3 Å². The molecule has 2 rings (SSSR count). The van der Waals surface area contributed by atoms with Crippen molar-refractivity contribution in [1.29, 1.82) is 0 Å². The Labute approximate surface area is 90.8 Å². The Morgan fingerprint density at radius 3 is 2.33 bits per heavy atom. The molecule has 15 heavy (non-hydrogen) atoms. The van der Waals surface area contributed by atoms with E-state index in [0.29, 0.717) is 5.92 Å². The average molecular weight is 203 g/mol. The van der Waals surface area contributed by atoms with Gasteiger partial charge in [0, 0.05) is 27.2 Å². The Kier molecular flexibility index (Phi) is 2.29. The number of benzene rings is 1. The smallest absolute Gasteiger partial charge is 0.174 e. The molecule has 0 N–H and O–H groups in total. The van der Waals surface area contributed by atoms with Crippen LogP contribution in [0.4, 0.5) is 0 Å². The zero-order valence-electron chi connectivity index (χ0n) is 9.53. The van der Waals surface area contributed by atoms with Crippen molar-refractivity contribution >= 4 is 5.71 Å². The summed E-state index contributed by atoms with van der Waals surface area (Å²) in [6.45, 7) is 5.97. The lowest BCUT2D eigenvalue weighted by atomic mass is 9.82. The first-order valence-electron chi connectivity index (χ1n) is 5.38. The van der Waals surface area contributed by atoms with E-state index < -0.39 is 0 Å². The molecule has 0 aliphatic carbocycles. The molecule has 1 unspecified atom stereocenters. The summed E-state index contributed by atoms with van der Waals surface area (Å²) in [5.74, 6) is 0.316. The third-order valence-corrected chi connectivity index (χ3v) is 3.42. The lowest BCUT2D eigenvalue weighted by Crippen LogP contribution is -2.34. The van der Waals surface area contributed by atoms with E-state index in [-0.39, 0.29) is 5.54 Å². The number of rotatable bonds is 1. The highest BCUT2D eigenvalue weighted by atomic mass is 16.5. The van der Waals surface area contributed by atoms with E-state index in [2.05, 4.69) is 12.1 Å². The molecule has 0 saturated heterocycles. The van der Waals surface area contributed by atoms with Crippen LogP contribution >= 0.6 is 0 Å². The number of hydrogen-bond acceptors (Lipinski definition) is 1. The SMILES string of the molecule is CC1=[N+]([O-])C(C)(C)C(c2ccccc2)C1. The van der Waals surface area contributed by atoms with Crippen LogP contribution in [0.3, 0.4) is 0 Å². The standard InChI is InChI=1S/C13H17NO/c1-10-9-12(13(2,3)14(10)15)11-7-5-4-6-8-11/h4-8,12H,9H2,1-3H3. The fourth-order valence-corrected chi connectivity index (χ4v) is 2.47. The van der Waals surface area contributed by atoms with Gasteiger partial charge in [0.15, 0.2) is 11.3 Å². The summed E-state index contributed by atoms with van der Waals surface area (Å²) in [6.07, 6.45) is 0.876. The van der Waals surface area contributed by atoms with E-state index in [1.54, 1.807) is 0 Å². The molecule has 1 aromatic carbocycles. The fraction of sp³-hybridized carbons (Fsp3) is 0.462. The van der Waals surface area contributed by atoms with Crippen LogP contribution in [-0.2, 0) is 0 Å². The second-order valence-corrected chi connectivity index (χ2v) is 4.85. The Morgan fingerprint density at radius 1 is 1.27 bits per heavy atom. The minimum Gasteiger partial charge on any atom is -0.623 e. The monoisotopic (exact) mass is 203 g/mol. The predicted molar refractivity (Wildman–Crippen MR) is 62.2 cm³/mol. The minimum atomic E-state index is -0.314. The quantitative estimate of drug-likeness (QED) is 0.509. The molecule has 0 fully saturated rings. The summed E-state index contributed by atoms with van der Waals surface area (Å²) in [6, 6.07) is 10.3. The van der Waals surface area contributed by atoms with Crippen molar-refractivity contribution in [3.05, 3.63) is 41.1 Å². The molecule has 2 nitrogen and oxygen atoms in total. The van der Waals surface area contributed by atoms with Gasteiger partial charge in [-0.25, -0.2) is 4.74 Å². The molecule has 1 aliphatic rings. The van der Waals surface area contributed by atoms with Gasteiger partial charge in [-0.2, -0.15) is 0 Å². The molecule has 1 atom stereocenters. The average Bonchev–Trinajstić information content (AvgIpc) is 2.43. The van der Waals surface area contributed by atoms with Crippen molar-refractivity contribution in [3.63, 3.8) is 0 Å². The highest BCUT2D eigenvalue weighted by Gasteiger charge is 2.45. The molecule has 80 valence electrons. The highest BCUT2D eigenvalue weighted by Crippen LogP contribution is 2.38. The maximum Gasteiger partial charge on any atom is 0.174 e. The molecule has 1 aromatic rings. The first-order chi connectivity index (χ1) is 7.03. The summed E-state index contributed by atoms with van der Waals surface area (Å²) in [5.41, 5.74) is 1.89. The third-order valence-electron chi connectivity index (χ3n) is 3.42. The normalized spacial score (nSPS) is 24.6. The van der Waals surface area contributed by atoms with Gasteiger partial charge in [-0.1, -0.05) is 30.3 Å². The molecule has 2 heteroatoms. The molecular weight excluding hydrogens is 186 g/mol. The van der Waals surface area contributed by atoms with Crippen LogP contribution in [0, 0.1) is 5.21 Å². The van der Waals surface area contributed by atoms with Gasteiger partial charge in [0.2, 0.25) is 0 Å². The van der Waals surface area contributed by atoms with E-state index in [4.69, 9.17) is 0 Å². The number of hydroxylamine groups is 1. The van der Waals surface area contributed by atoms with E-state index in [1.807, 2.05) is 39.0 Å². The lowest BCUT2D eigenvalue weighted by molar-refractivity contribution is -0.534. The largest absolute Gasteiger partial charge is 0.623 e. The van der Waals surface area contributed by atoms with Crippen molar-refractivity contribution in [2.75, 3.05) is 0 Å². The van der Waals surface area contributed by atoms with Gasteiger partial charge in [-0.05, 0) is 5.56 Å². The van der Waals surface area contributed by atoms with Gasteiger partial charge in [0.1, 0.15) is 0 Å². The summed E-state index contributed by atoms with van der Waals surface area (Å²) in [7, 11) is 0. The first-order valence-corrected chi connectivity index (χ1v) is 5.38. The Morgan fingerprint density at radius 2 is 1.87 bits per heavy atom. The van der Waals surface area contributed by atoms with Crippen LogP contribution in [0.15, 0.2) is 30.3 Å². The van der Waals surface area contributed by atoms with Crippen LogP contribution in [-0.4, -0.2) is 16.0 Å². The van der Waals surface area contributed by atoms with Crippen LogP contribution in [0.1, 0.15) is 38.7 Å². The summed E-state index contributed by atoms with van der Waals surface area (Å²) in [5, 5.41) is 11.9. The Bertz CT molecular complexity index is 392. The lowest BCUT2D eigenvalue weighted by Gasteiger charge is -2.26. The van der Waals surface area contributed by atoms with Gasteiger partial charge in [-0.3, -0.25) is 0 Å². The van der Waals surface area contributed by atoms with Crippen molar-refractivity contribution in [2.45, 2.75) is 38.6 Å². The summed E-state index contributed by atoms with van der Waals surface area (Å²) in [4.78, 5) is 0. The van der Waals surface area contributed by atoms with Crippen LogP contribution in [0.2, 0.25) is 0 Å². The van der Waals surface area contributed by atoms with E-state index in [0.717, 1.165) is 12.1 Å². The zero-order chi connectivity index (χ0) is 11.1. The van der Waals surface area contributed by atoms with Crippen LogP contribution in [0.5, 0.6) is 0 Å². The molecule has 1 heterocycles. The summed E-state index contributed by atoms with van der Waals surface area (Å²) < 4.78 is 1.17. The second-order valence-electron chi connectivity index (χ2n) is 4.85. The third kappa shape index (κ3) is 1.54. The molecule has 0 spiro atoms. The Balaban J connectivity index is 2.37. The van der Waals surface area contributed by atoms with Gasteiger partial charge in [0.25, 0.3) is 0 Å². The van der Waals surface area contributed by atoms with Crippen molar-refractivity contribution in [2.24, 2.45) is 0 Å². The van der Waals surface area contributed by atoms with E-state index >= 15 is 0 Å². The van der Waals surface area contributed by atoms with Crippen molar-refractivity contribution in [1.82, 2.24) is 0 Å². The molecule has 0 amide bonds. The molecular formula is C13H17NO. The number of hydrogen-bond donors (Lipinski definition) is 0.